The molecule has 0 spiro atoms. The minimum atomic E-state index is -3.78. The zero-order valence-corrected chi connectivity index (χ0v) is 18.5. The second-order valence-electron chi connectivity index (χ2n) is 7.69. The molecular formula is C20H30N4O3S2. The Labute approximate surface area is 176 Å². The van der Waals surface area contributed by atoms with Crippen LogP contribution in [0.1, 0.15) is 51.9 Å². The van der Waals surface area contributed by atoms with E-state index in [9.17, 15) is 13.2 Å². The number of aromatic nitrogens is 2. The number of nitrogens with one attached hydrogen (secondary N) is 1. The van der Waals surface area contributed by atoms with Crippen molar-refractivity contribution in [2.45, 2.75) is 68.5 Å². The van der Waals surface area contributed by atoms with E-state index in [1.165, 1.54) is 56.0 Å². The smallest absolute Gasteiger partial charge is 0.238 e. The van der Waals surface area contributed by atoms with Crippen LogP contribution in [0.2, 0.25) is 0 Å². The van der Waals surface area contributed by atoms with Gasteiger partial charge in [0, 0.05) is 13.1 Å². The van der Waals surface area contributed by atoms with Gasteiger partial charge in [-0.2, -0.15) is 0 Å². The number of unbranched alkanes of at least 4 members (excludes halogenated alkanes) is 1. The summed E-state index contributed by atoms with van der Waals surface area (Å²) in [5.41, 5.74) is 1.44. The van der Waals surface area contributed by atoms with Gasteiger partial charge in [0.25, 0.3) is 0 Å². The number of rotatable bonds is 9. The van der Waals surface area contributed by atoms with Crippen LogP contribution in [0.4, 0.5) is 0 Å². The van der Waals surface area contributed by atoms with Gasteiger partial charge in [-0.1, -0.05) is 44.4 Å². The van der Waals surface area contributed by atoms with Crippen molar-refractivity contribution in [1.29, 1.82) is 0 Å². The molecule has 1 aromatic carbocycles. The number of amides is 1. The molecule has 1 heterocycles. The molecule has 1 amide bonds. The first kappa shape index (κ1) is 22.1. The first-order valence-corrected chi connectivity index (χ1v) is 12.8. The SMILES string of the molecule is CCCCn1c(SCC(=O)NCC2CCCCC2)nc2cc(S(N)(=O)=O)ccc21. The normalized spacial score (nSPS) is 15.7. The number of hydrogen-bond acceptors (Lipinski definition) is 5. The Hall–Kier alpha value is -1.58. The molecule has 3 N–H and O–H groups in total. The molecule has 0 atom stereocenters. The third kappa shape index (κ3) is 5.96. The highest BCUT2D eigenvalue weighted by molar-refractivity contribution is 7.99. The monoisotopic (exact) mass is 438 g/mol. The zero-order chi connectivity index (χ0) is 20.9. The van der Waals surface area contributed by atoms with Crippen LogP contribution in [-0.2, 0) is 21.4 Å². The predicted octanol–water partition coefficient (Wildman–Crippen LogP) is 3.27. The summed E-state index contributed by atoms with van der Waals surface area (Å²) in [5, 5.41) is 9.03. The second kappa shape index (κ2) is 9.95. The molecule has 3 rings (SSSR count). The molecule has 0 saturated heterocycles. The Bertz CT molecular complexity index is 950. The number of aryl methyl sites for hydroxylation is 1. The molecular weight excluding hydrogens is 408 g/mol. The number of fused-ring (bicyclic) bond motifs is 1. The van der Waals surface area contributed by atoms with Crippen LogP contribution in [0.15, 0.2) is 28.3 Å². The summed E-state index contributed by atoms with van der Waals surface area (Å²) in [6.45, 7) is 3.64. The van der Waals surface area contributed by atoms with Crippen LogP contribution in [0, 0.1) is 5.92 Å². The summed E-state index contributed by atoms with van der Waals surface area (Å²) in [4.78, 5) is 17.0. The number of primary sulfonamides is 1. The fraction of sp³-hybridized carbons (Fsp3) is 0.600. The van der Waals surface area contributed by atoms with Crippen molar-refractivity contribution >= 4 is 38.7 Å². The molecule has 0 unspecified atom stereocenters. The van der Waals surface area contributed by atoms with Gasteiger partial charge in [-0.05, 0) is 43.4 Å². The summed E-state index contributed by atoms with van der Waals surface area (Å²) in [5.74, 6) is 0.910. The van der Waals surface area contributed by atoms with Gasteiger partial charge in [0.2, 0.25) is 15.9 Å². The average Bonchev–Trinajstić information content (AvgIpc) is 3.06. The van der Waals surface area contributed by atoms with Crippen LogP contribution in [-0.4, -0.2) is 36.2 Å². The molecule has 1 aliphatic carbocycles. The van der Waals surface area contributed by atoms with Crippen LogP contribution in [0.5, 0.6) is 0 Å². The molecule has 9 heteroatoms. The largest absolute Gasteiger partial charge is 0.355 e. The predicted molar refractivity (Wildman–Crippen MR) is 116 cm³/mol. The van der Waals surface area contributed by atoms with Crippen molar-refractivity contribution in [2.75, 3.05) is 12.3 Å². The molecule has 1 saturated carbocycles. The van der Waals surface area contributed by atoms with Gasteiger partial charge in [0.1, 0.15) is 0 Å². The molecule has 0 radical (unpaired) electrons. The van der Waals surface area contributed by atoms with Crippen molar-refractivity contribution in [1.82, 2.24) is 14.9 Å². The van der Waals surface area contributed by atoms with Gasteiger partial charge in [-0.25, -0.2) is 18.5 Å². The van der Waals surface area contributed by atoms with Gasteiger partial charge >= 0.3 is 0 Å². The van der Waals surface area contributed by atoms with E-state index in [0.29, 0.717) is 17.2 Å². The maximum absolute atomic E-state index is 12.3. The molecule has 0 bridgehead atoms. The third-order valence-electron chi connectivity index (χ3n) is 5.39. The lowest BCUT2D eigenvalue weighted by Gasteiger charge is -2.21. The number of benzene rings is 1. The maximum atomic E-state index is 12.3. The van der Waals surface area contributed by atoms with E-state index < -0.39 is 10.0 Å². The second-order valence-corrected chi connectivity index (χ2v) is 10.2. The Morgan fingerprint density at radius 1 is 1.31 bits per heavy atom. The zero-order valence-electron chi connectivity index (χ0n) is 16.9. The summed E-state index contributed by atoms with van der Waals surface area (Å²) in [7, 11) is -3.78. The van der Waals surface area contributed by atoms with Crippen molar-refractivity contribution < 1.29 is 13.2 Å². The van der Waals surface area contributed by atoms with E-state index in [1.54, 1.807) is 6.07 Å². The van der Waals surface area contributed by atoms with E-state index in [-0.39, 0.29) is 10.8 Å². The summed E-state index contributed by atoms with van der Waals surface area (Å²) < 4.78 is 25.3. The standard InChI is InChI=1S/C20H30N4O3S2/c1-2-3-11-24-18-10-9-16(29(21,26)27)12-17(18)23-20(24)28-14-19(25)22-13-15-7-5-4-6-8-15/h9-10,12,15H,2-8,11,13-14H2,1H3,(H,22,25)(H2,21,26,27). The van der Waals surface area contributed by atoms with Crippen molar-refractivity contribution in [3.8, 4) is 0 Å². The number of thioether (sulfide) groups is 1. The fourth-order valence-electron chi connectivity index (χ4n) is 3.74. The first-order valence-electron chi connectivity index (χ1n) is 10.3. The molecule has 2 aromatic rings. The van der Waals surface area contributed by atoms with Gasteiger partial charge in [-0.3, -0.25) is 4.79 Å². The molecule has 0 aliphatic heterocycles. The average molecular weight is 439 g/mol. The quantitative estimate of drug-likeness (QED) is 0.584. The highest BCUT2D eigenvalue weighted by atomic mass is 32.2. The molecule has 160 valence electrons. The van der Waals surface area contributed by atoms with Gasteiger partial charge in [0.15, 0.2) is 5.16 Å². The lowest BCUT2D eigenvalue weighted by molar-refractivity contribution is -0.118. The van der Waals surface area contributed by atoms with Gasteiger partial charge in [0.05, 0.1) is 21.7 Å². The number of nitrogens with zero attached hydrogens (tertiary/aromatic N) is 2. The number of imidazole rings is 1. The lowest BCUT2D eigenvalue weighted by Crippen LogP contribution is -2.31. The third-order valence-corrected chi connectivity index (χ3v) is 7.28. The minimum absolute atomic E-state index is 0.0138. The number of nitrogens with two attached hydrogens (primary N) is 1. The number of hydrogen-bond donors (Lipinski definition) is 2. The van der Waals surface area contributed by atoms with E-state index in [4.69, 9.17) is 5.14 Å². The van der Waals surface area contributed by atoms with E-state index in [1.807, 2.05) is 0 Å². The Morgan fingerprint density at radius 2 is 2.07 bits per heavy atom. The van der Waals surface area contributed by atoms with Crippen molar-refractivity contribution in [3.05, 3.63) is 18.2 Å². The summed E-state index contributed by atoms with van der Waals surface area (Å²) >= 11 is 1.39. The minimum Gasteiger partial charge on any atom is -0.355 e. The van der Waals surface area contributed by atoms with E-state index in [0.717, 1.165) is 36.6 Å². The topological polar surface area (TPSA) is 107 Å². The number of carbonyl (C=O) groups is 1. The van der Waals surface area contributed by atoms with Crippen molar-refractivity contribution in [2.24, 2.45) is 11.1 Å². The fourth-order valence-corrected chi connectivity index (χ4v) is 5.14. The van der Waals surface area contributed by atoms with Crippen LogP contribution in [0.3, 0.4) is 0 Å². The molecule has 1 aliphatic rings. The molecule has 7 nitrogen and oxygen atoms in total. The number of carbonyl (C=O) groups excluding carboxylic acids is 1. The van der Waals surface area contributed by atoms with E-state index >= 15 is 0 Å². The highest BCUT2D eigenvalue weighted by Gasteiger charge is 2.17. The van der Waals surface area contributed by atoms with Crippen molar-refractivity contribution in [3.63, 3.8) is 0 Å². The van der Waals surface area contributed by atoms with Gasteiger partial charge < -0.3 is 9.88 Å². The summed E-state index contributed by atoms with van der Waals surface area (Å²) in [6.07, 6.45) is 8.24. The first-order chi connectivity index (χ1) is 13.9. The van der Waals surface area contributed by atoms with Gasteiger partial charge in [-0.15, -0.1) is 0 Å². The van der Waals surface area contributed by atoms with Crippen LogP contribution >= 0.6 is 11.8 Å². The lowest BCUT2D eigenvalue weighted by atomic mass is 9.89. The molecule has 29 heavy (non-hydrogen) atoms. The summed E-state index contributed by atoms with van der Waals surface area (Å²) in [6, 6.07) is 4.75. The Morgan fingerprint density at radius 3 is 2.76 bits per heavy atom. The Kier molecular flexibility index (Phi) is 7.59. The maximum Gasteiger partial charge on any atom is 0.238 e. The van der Waals surface area contributed by atoms with Crippen LogP contribution in [0.25, 0.3) is 11.0 Å². The molecule has 1 fully saturated rings. The highest BCUT2D eigenvalue weighted by Crippen LogP contribution is 2.27. The van der Waals surface area contributed by atoms with Crippen LogP contribution < -0.4 is 10.5 Å². The Balaban J connectivity index is 1.70. The van der Waals surface area contributed by atoms with E-state index in [2.05, 4.69) is 21.8 Å². The molecule has 1 aromatic heterocycles. The number of sulfonamides is 1.